The maximum atomic E-state index is 11.6. The average molecular weight is 437 g/mol. The average Bonchev–Trinajstić information content (AvgIpc) is 2.62. The molecule has 0 spiro atoms. The highest BCUT2D eigenvalue weighted by molar-refractivity contribution is 7.85. The van der Waals surface area contributed by atoms with Crippen LogP contribution in [-0.2, 0) is 14.9 Å². The van der Waals surface area contributed by atoms with Crippen LogP contribution in [0.3, 0.4) is 0 Å². The summed E-state index contributed by atoms with van der Waals surface area (Å²) >= 11 is 0. The van der Waals surface area contributed by atoms with Gasteiger partial charge in [-0.2, -0.15) is 8.42 Å². The van der Waals surface area contributed by atoms with Gasteiger partial charge in [0.15, 0.2) is 0 Å². The van der Waals surface area contributed by atoms with Crippen LogP contribution in [-0.4, -0.2) is 56.7 Å². The minimum Gasteiger partial charge on any atom is -0.356 e. The predicted molar refractivity (Wildman–Crippen MR) is 124 cm³/mol. The third kappa shape index (κ3) is 32.2. The first-order valence-corrected chi connectivity index (χ1v) is 13.2. The number of amides is 1. The van der Waals surface area contributed by atoms with Gasteiger partial charge < -0.3 is 10.2 Å². The number of hydrogen-bond acceptors (Lipinski definition) is 4. The van der Waals surface area contributed by atoms with Crippen LogP contribution in [0, 0.1) is 0 Å². The number of hydrogen-bond donors (Lipinski definition) is 2. The van der Waals surface area contributed by atoms with E-state index < -0.39 is 10.1 Å². The SMILES string of the molecule is CCCCCCCCCCCCCC(=O)NCCCN(C)C.CCCS(=O)(=O)O. The molecule has 176 valence electrons. The van der Waals surface area contributed by atoms with Crippen molar-refractivity contribution in [1.29, 1.82) is 0 Å². The van der Waals surface area contributed by atoms with Gasteiger partial charge in [0.25, 0.3) is 10.1 Å². The van der Waals surface area contributed by atoms with E-state index in [0.29, 0.717) is 12.8 Å². The maximum Gasteiger partial charge on any atom is 0.264 e. The number of rotatable bonds is 18. The Kier molecular flexibility index (Phi) is 23.2. The summed E-state index contributed by atoms with van der Waals surface area (Å²) in [4.78, 5) is 13.8. The van der Waals surface area contributed by atoms with Crippen molar-refractivity contribution >= 4 is 16.0 Å². The molecule has 7 heteroatoms. The van der Waals surface area contributed by atoms with Gasteiger partial charge in [-0.3, -0.25) is 9.35 Å². The number of unbranched alkanes of at least 4 members (excludes halogenated alkanes) is 10. The first-order valence-electron chi connectivity index (χ1n) is 11.6. The third-order valence-corrected chi connectivity index (χ3v) is 5.50. The molecule has 0 atom stereocenters. The summed E-state index contributed by atoms with van der Waals surface area (Å²) in [6.45, 7) is 5.81. The second-order valence-corrected chi connectivity index (χ2v) is 9.65. The summed E-state index contributed by atoms with van der Waals surface area (Å²) < 4.78 is 27.6. The second kappa shape index (κ2) is 22.0. The van der Waals surface area contributed by atoms with E-state index >= 15 is 0 Å². The Labute approximate surface area is 181 Å². The molecule has 0 rings (SSSR count). The highest BCUT2D eigenvalue weighted by atomic mass is 32.2. The zero-order chi connectivity index (χ0) is 22.4. The van der Waals surface area contributed by atoms with Crippen LogP contribution in [0.25, 0.3) is 0 Å². The molecule has 0 bridgehead atoms. The number of nitrogens with zero attached hydrogens (tertiary/aromatic N) is 1. The summed E-state index contributed by atoms with van der Waals surface area (Å²) in [5.74, 6) is 0.0992. The van der Waals surface area contributed by atoms with Gasteiger partial charge in [-0.05, 0) is 39.9 Å². The molecule has 6 nitrogen and oxygen atoms in total. The fraction of sp³-hybridized carbons (Fsp3) is 0.955. The molecule has 2 N–H and O–H groups in total. The Morgan fingerprint density at radius 3 is 1.66 bits per heavy atom. The van der Waals surface area contributed by atoms with Crippen molar-refractivity contribution in [3.8, 4) is 0 Å². The van der Waals surface area contributed by atoms with Gasteiger partial charge in [-0.1, -0.05) is 78.1 Å². The van der Waals surface area contributed by atoms with Gasteiger partial charge in [-0.15, -0.1) is 0 Å². The van der Waals surface area contributed by atoms with Crippen LogP contribution in [0.1, 0.15) is 104 Å². The van der Waals surface area contributed by atoms with Crippen molar-refractivity contribution in [2.75, 3.05) is 32.9 Å². The van der Waals surface area contributed by atoms with Crippen molar-refractivity contribution in [2.24, 2.45) is 0 Å². The second-order valence-electron chi connectivity index (χ2n) is 8.08. The molecule has 0 radical (unpaired) electrons. The van der Waals surface area contributed by atoms with Gasteiger partial charge in [0.05, 0.1) is 5.75 Å². The topological polar surface area (TPSA) is 86.7 Å². The van der Waals surface area contributed by atoms with Gasteiger partial charge in [0, 0.05) is 13.0 Å². The molecule has 29 heavy (non-hydrogen) atoms. The van der Waals surface area contributed by atoms with Crippen LogP contribution in [0.4, 0.5) is 0 Å². The Morgan fingerprint density at radius 1 is 0.793 bits per heavy atom. The fourth-order valence-electron chi connectivity index (χ4n) is 2.92. The Hall–Kier alpha value is -0.660. The summed E-state index contributed by atoms with van der Waals surface area (Å²) in [7, 11) is 0.451. The largest absolute Gasteiger partial charge is 0.356 e. The molecule has 0 unspecified atom stereocenters. The molecule has 0 aliphatic rings. The lowest BCUT2D eigenvalue weighted by Gasteiger charge is -2.09. The van der Waals surface area contributed by atoms with Crippen molar-refractivity contribution in [1.82, 2.24) is 10.2 Å². The zero-order valence-electron chi connectivity index (χ0n) is 19.5. The lowest BCUT2D eigenvalue weighted by molar-refractivity contribution is -0.121. The number of nitrogens with one attached hydrogen (secondary N) is 1. The van der Waals surface area contributed by atoms with E-state index in [0.717, 1.165) is 25.9 Å². The molecule has 0 fully saturated rings. The predicted octanol–water partition coefficient (Wildman–Crippen LogP) is 5.04. The maximum absolute atomic E-state index is 11.6. The fourth-order valence-corrected chi connectivity index (χ4v) is 3.44. The molecule has 0 saturated heterocycles. The standard InChI is InChI=1S/C19H40N2O.C3H8O3S/c1-4-5-6-7-8-9-10-11-12-13-14-16-19(22)20-17-15-18-21(2)3;1-2-3-7(4,5)6/h4-18H2,1-3H3,(H,20,22);2-3H2,1H3,(H,4,5,6). The molecule has 0 aromatic heterocycles. The Bertz CT molecular complexity index is 454. The van der Waals surface area contributed by atoms with E-state index in [1.165, 1.54) is 64.2 Å². The highest BCUT2D eigenvalue weighted by Crippen LogP contribution is 2.11. The summed E-state index contributed by atoms with van der Waals surface area (Å²) in [6.07, 6.45) is 16.9. The minimum absolute atomic E-state index is 0.132. The van der Waals surface area contributed by atoms with E-state index in [2.05, 4.69) is 31.2 Å². The molecular formula is C22H48N2O4S. The summed E-state index contributed by atoms with van der Waals surface area (Å²) in [5, 5.41) is 3.01. The summed E-state index contributed by atoms with van der Waals surface area (Å²) in [6, 6.07) is 0. The molecule has 0 aromatic carbocycles. The van der Waals surface area contributed by atoms with E-state index in [1.807, 2.05) is 0 Å². The van der Waals surface area contributed by atoms with E-state index in [9.17, 15) is 13.2 Å². The van der Waals surface area contributed by atoms with Crippen LogP contribution in [0.2, 0.25) is 0 Å². The lowest BCUT2D eigenvalue weighted by atomic mass is 10.1. The zero-order valence-corrected chi connectivity index (χ0v) is 20.4. The smallest absolute Gasteiger partial charge is 0.264 e. The monoisotopic (exact) mass is 436 g/mol. The third-order valence-electron chi connectivity index (χ3n) is 4.57. The van der Waals surface area contributed by atoms with Crippen LogP contribution >= 0.6 is 0 Å². The molecule has 0 saturated carbocycles. The Balaban J connectivity index is 0. The van der Waals surface area contributed by atoms with Gasteiger partial charge >= 0.3 is 0 Å². The molecule has 0 aromatic rings. The number of carbonyl (C=O) groups excluding carboxylic acids is 1. The summed E-state index contributed by atoms with van der Waals surface area (Å²) in [5.41, 5.74) is 0. The quantitative estimate of drug-likeness (QED) is 0.232. The van der Waals surface area contributed by atoms with E-state index in [1.54, 1.807) is 6.92 Å². The Morgan fingerprint density at radius 2 is 1.28 bits per heavy atom. The minimum atomic E-state index is -3.67. The van der Waals surface area contributed by atoms with Gasteiger partial charge in [0.2, 0.25) is 5.91 Å². The van der Waals surface area contributed by atoms with Gasteiger partial charge in [0.1, 0.15) is 0 Å². The van der Waals surface area contributed by atoms with Crippen molar-refractivity contribution in [3.63, 3.8) is 0 Å². The van der Waals surface area contributed by atoms with E-state index in [4.69, 9.17) is 4.55 Å². The van der Waals surface area contributed by atoms with Crippen molar-refractivity contribution < 1.29 is 17.8 Å². The van der Waals surface area contributed by atoms with Crippen LogP contribution < -0.4 is 5.32 Å². The molecule has 0 aliphatic heterocycles. The number of carbonyl (C=O) groups is 1. The highest BCUT2D eigenvalue weighted by Gasteiger charge is 2.01. The van der Waals surface area contributed by atoms with E-state index in [-0.39, 0.29) is 11.7 Å². The van der Waals surface area contributed by atoms with Crippen molar-refractivity contribution in [3.05, 3.63) is 0 Å². The normalized spacial score (nSPS) is 11.2. The van der Waals surface area contributed by atoms with Gasteiger partial charge in [-0.25, -0.2) is 0 Å². The first kappa shape index (κ1) is 30.5. The molecule has 1 amide bonds. The van der Waals surface area contributed by atoms with Crippen LogP contribution in [0.5, 0.6) is 0 Å². The molecular weight excluding hydrogens is 388 g/mol. The molecule has 0 heterocycles. The first-order chi connectivity index (χ1) is 13.7. The lowest BCUT2D eigenvalue weighted by Crippen LogP contribution is -2.26. The van der Waals surface area contributed by atoms with Crippen LogP contribution in [0.15, 0.2) is 0 Å². The molecule has 0 aliphatic carbocycles. The van der Waals surface area contributed by atoms with Crippen molar-refractivity contribution in [2.45, 2.75) is 104 Å².